The maximum absolute atomic E-state index is 7.00. The lowest BCUT2D eigenvalue weighted by Gasteiger charge is -2.27. The molecule has 0 amide bonds. The quantitative estimate of drug-likeness (QED) is 0.173. The highest BCUT2D eigenvalue weighted by atomic mass is 32.1. The third-order valence-corrected chi connectivity index (χ3v) is 13.3. The second-order valence-electron chi connectivity index (χ2n) is 19.5. The fourth-order valence-electron chi connectivity index (χ4n) is 8.73. The molecular formula is C54H52N4OS. The summed E-state index contributed by atoms with van der Waals surface area (Å²) in [6, 6.07) is 48.7. The number of pyridine rings is 1. The topological polar surface area (TPSA) is 33.5 Å². The molecule has 10 rings (SSSR count). The van der Waals surface area contributed by atoms with E-state index in [9.17, 15) is 0 Å². The Kier molecular flexibility index (Phi) is 8.71. The number of para-hydroxylation sites is 2. The number of ether oxygens (including phenoxy) is 1. The lowest BCUT2D eigenvalue weighted by atomic mass is 9.86. The van der Waals surface area contributed by atoms with E-state index in [-0.39, 0.29) is 16.2 Å². The molecule has 0 saturated carbocycles. The molecule has 9 aromatic rings. The normalized spacial score (nSPS) is 13.6. The average Bonchev–Trinajstić information content (AvgIpc) is 3.89. The number of benzene rings is 6. The summed E-state index contributed by atoms with van der Waals surface area (Å²) in [5.41, 5.74) is 10.6. The zero-order valence-electron chi connectivity index (χ0n) is 36.1. The Labute approximate surface area is 357 Å². The van der Waals surface area contributed by atoms with Gasteiger partial charge in [-0.15, -0.1) is 11.3 Å². The number of fused-ring (bicyclic) bond motifs is 8. The van der Waals surface area contributed by atoms with Gasteiger partial charge in [0.05, 0.1) is 27.1 Å². The summed E-state index contributed by atoms with van der Waals surface area (Å²) in [4.78, 5) is 9.90. The highest BCUT2D eigenvalue weighted by molar-refractivity contribution is 7.27. The largest absolute Gasteiger partial charge is 0.457 e. The van der Waals surface area contributed by atoms with Gasteiger partial charge in [0.2, 0.25) is 0 Å². The van der Waals surface area contributed by atoms with Gasteiger partial charge in [-0.3, -0.25) is 4.57 Å². The zero-order chi connectivity index (χ0) is 41.7. The van der Waals surface area contributed by atoms with Crippen LogP contribution in [-0.4, -0.2) is 16.2 Å². The number of anilines is 4. The highest BCUT2D eigenvalue weighted by Gasteiger charge is 2.30. The molecule has 0 fully saturated rings. The molecule has 0 saturated heterocycles. The van der Waals surface area contributed by atoms with Crippen molar-refractivity contribution in [3.8, 4) is 17.3 Å². The first kappa shape index (κ1) is 38.1. The van der Waals surface area contributed by atoms with Crippen LogP contribution in [0.2, 0.25) is 0 Å². The first-order valence-corrected chi connectivity index (χ1v) is 21.9. The van der Waals surface area contributed by atoms with E-state index in [4.69, 9.17) is 9.72 Å². The van der Waals surface area contributed by atoms with Crippen LogP contribution in [0.4, 0.5) is 22.7 Å². The van der Waals surface area contributed by atoms with Crippen LogP contribution >= 0.6 is 11.3 Å². The zero-order valence-corrected chi connectivity index (χ0v) is 36.9. The maximum atomic E-state index is 7.00. The molecule has 6 aromatic carbocycles. The first-order valence-electron chi connectivity index (χ1n) is 21.1. The summed E-state index contributed by atoms with van der Waals surface area (Å²) < 4.78 is 11.9. The van der Waals surface area contributed by atoms with E-state index in [1.165, 1.54) is 70.2 Å². The Morgan fingerprint density at radius 1 is 0.550 bits per heavy atom. The van der Waals surface area contributed by atoms with E-state index >= 15 is 0 Å². The molecule has 0 radical (unpaired) electrons. The second-order valence-corrected chi connectivity index (χ2v) is 20.5. The summed E-state index contributed by atoms with van der Waals surface area (Å²) in [5, 5.41) is 4.95. The van der Waals surface area contributed by atoms with Gasteiger partial charge >= 0.3 is 0 Å². The molecule has 0 unspecified atom stereocenters. The monoisotopic (exact) mass is 804 g/mol. The Balaban J connectivity index is 1.11. The van der Waals surface area contributed by atoms with Crippen LogP contribution < -0.4 is 14.5 Å². The van der Waals surface area contributed by atoms with Gasteiger partial charge in [-0.2, -0.15) is 0 Å². The molecular weight excluding hydrogens is 753 g/mol. The van der Waals surface area contributed by atoms with Gasteiger partial charge in [0, 0.05) is 45.2 Å². The van der Waals surface area contributed by atoms with Gasteiger partial charge in [-0.05, 0) is 110 Å². The Bertz CT molecular complexity index is 3130. The van der Waals surface area contributed by atoms with Gasteiger partial charge in [-0.1, -0.05) is 117 Å². The number of hydrogen-bond acceptors (Lipinski definition) is 5. The van der Waals surface area contributed by atoms with Crippen LogP contribution in [-0.2, 0) is 16.2 Å². The van der Waals surface area contributed by atoms with Crippen molar-refractivity contribution in [1.29, 1.82) is 0 Å². The predicted molar refractivity (Wildman–Crippen MR) is 256 cm³/mol. The van der Waals surface area contributed by atoms with Crippen molar-refractivity contribution < 1.29 is 4.74 Å². The van der Waals surface area contributed by atoms with Gasteiger partial charge in [0.25, 0.3) is 0 Å². The highest BCUT2D eigenvalue weighted by Crippen LogP contribution is 2.48. The third-order valence-electron chi connectivity index (χ3n) is 12.1. The molecule has 0 atom stereocenters. The summed E-state index contributed by atoms with van der Waals surface area (Å²) >= 11 is 1.86. The van der Waals surface area contributed by atoms with Gasteiger partial charge in [0.15, 0.2) is 0 Å². The van der Waals surface area contributed by atoms with Gasteiger partial charge < -0.3 is 14.5 Å². The van der Waals surface area contributed by atoms with Crippen molar-refractivity contribution in [1.82, 2.24) is 9.55 Å². The van der Waals surface area contributed by atoms with Gasteiger partial charge in [-0.25, -0.2) is 4.98 Å². The minimum absolute atomic E-state index is 0.0312. The molecule has 6 heteroatoms. The SMILES string of the molecule is CC(C)(C)c1cccc(N2CN(c3cc(Oc4ccc5c6sc7ccc8ccccc8c7c6n(-c6cc(C(C)(C)C)ccn6)c5c4)cc(C(C)(C)C)c3)c3ccccc32)c1. The Morgan fingerprint density at radius 2 is 1.23 bits per heavy atom. The second kappa shape index (κ2) is 13.7. The summed E-state index contributed by atoms with van der Waals surface area (Å²) in [5.74, 6) is 2.51. The first-order chi connectivity index (χ1) is 28.6. The fraction of sp³-hybridized carbons (Fsp3) is 0.241. The minimum Gasteiger partial charge on any atom is -0.457 e. The molecule has 3 aromatic heterocycles. The lowest BCUT2D eigenvalue weighted by Crippen LogP contribution is -2.25. The van der Waals surface area contributed by atoms with E-state index in [0.29, 0.717) is 6.67 Å². The van der Waals surface area contributed by atoms with Crippen LogP contribution in [0.3, 0.4) is 0 Å². The van der Waals surface area contributed by atoms with Crippen molar-refractivity contribution in [2.24, 2.45) is 0 Å². The lowest BCUT2D eigenvalue weighted by molar-refractivity contribution is 0.479. The maximum Gasteiger partial charge on any atom is 0.137 e. The molecule has 60 heavy (non-hydrogen) atoms. The molecule has 4 heterocycles. The van der Waals surface area contributed by atoms with E-state index in [1.807, 2.05) is 17.5 Å². The van der Waals surface area contributed by atoms with E-state index in [2.05, 4.69) is 210 Å². The van der Waals surface area contributed by atoms with Crippen LogP contribution in [0.5, 0.6) is 11.5 Å². The minimum atomic E-state index is -0.106. The molecule has 5 nitrogen and oxygen atoms in total. The molecule has 1 aliphatic heterocycles. The average molecular weight is 805 g/mol. The van der Waals surface area contributed by atoms with Gasteiger partial charge in [0.1, 0.15) is 24.0 Å². The van der Waals surface area contributed by atoms with Crippen molar-refractivity contribution >= 4 is 76.1 Å². The van der Waals surface area contributed by atoms with Crippen molar-refractivity contribution in [2.45, 2.75) is 78.6 Å². The molecule has 1 aliphatic rings. The summed E-state index contributed by atoms with van der Waals surface area (Å²) in [6.45, 7) is 21.1. The van der Waals surface area contributed by atoms with Crippen molar-refractivity contribution in [3.05, 3.63) is 156 Å². The molecule has 0 spiro atoms. The fourth-order valence-corrected chi connectivity index (χ4v) is 9.97. The number of aromatic nitrogens is 2. The summed E-state index contributed by atoms with van der Waals surface area (Å²) in [6.07, 6.45) is 1.96. The smallest absolute Gasteiger partial charge is 0.137 e. The number of hydrogen-bond donors (Lipinski definition) is 0. The van der Waals surface area contributed by atoms with Crippen LogP contribution in [0.1, 0.15) is 79.0 Å². The van der Waals surface area contributed by atoms with Crippen LogP contribution in [0.15, 0.2) is 140 Å². The molecule has 300 valence electrons. The number of nitrogens with zero attached hydrogens (tertiary/aromatic N) is 4. The van der Waals surface area contributed by atoms with Crippen LogP contribution in [0.25, 0.3) is 47.8 Å². The van der Waals surface area contributed by atoms with E-state index in [0.717, 1.165) is 28.5 Å². The summed E-state index contributed by atoms with van der Waals surface area (Å²) in [7, 11) is 0. The van der Waals surface area contributed by atoms with Crippen LogP contribution in [0, 0.1) is 0 Å². The molecule has 0 N–H and O–H groups in total. The Morgan fingerprint density at radius 3 is 1.98 bits per heavy atom. The van der Waals surface area contributed by atoms with E-state index < -0.39 is 0 Å². The van der Waals surface area contributed by atoms with Crippen molar-refractivity contribution in [3.63, 3.8) is 0 Å². The number of rotatable bonds is 5. The molecule has 0 aliphatic carbocycles. The van der Waals surface area contributed by atoms with Crippen molar-refractivity contribution in [2.75, 3.05) is 16.5 Å². The third kappa shape index (κ3) is 6.49. The standard InChI is InChI=1S/C54H52N4OS/c1-52(2,3)35-16-14-17-38(27-35)56-33-57(45-20-13-12-19-44(45)56)39-28-37(54(7,8)9)29-41(31-39)59-40-22-23-43-46(32-40)58(48-30-36(25-26-55-48)53(4,5)6)50-49-42-18-11-10-15-34(42)21-24-47(49)60-51(43)50/h10-32H,33H2,1-9H3. The number of thiophene rings is 1. The predicted octanol–water partition coefficient (Wildman–Crippen LogP) is 15.5. The van der Waals surface area contributed by atoms with E-state index in [1.54, 1.807) is 0 Å². The molecule has 0 bridgehead atoms. The Hall–Kier alpha value is -6.11.